The molecule has 8 heteroatoms. The Morgan fingerprint density at radius 3 is 2.82 bits per heavy atom. The number of fused-ring (bicyclic) bond motifs is 3. The molecule has 5 nitrogen and oxygen atoms in total. The third-order valence-electron chi connectivity index (χ3n) is 6.04. The van der Waals surface area contributed by atoms with Crippen molar-refractivity contribution in [3.63, 3.8) is 0 Å². The van der Waals surface area contributed by atoms with Gasteiger partial charge in [-0.25, -0.2) is 8.78 Å². The van der Waals surface area contributed by atoms with Gasteiger partial charge in [0.15, 0.2) is 0 Å². The van der Waals surface area contributed by atoms with Gasteiger partial charge in [-0.1, -0.05) is 18.2 Å². The third kappa shape index (κ3) is 5.28. The molecule has 0 aliphatic carbocycles. The number of ether oxygens (including phenoxy) is 2. The van der Waals surface area contributed by atoms with Crippen molar-refractivity contribution in [2.24, 2.45) is 0 Å². The Morgan fingerprint density at radius 1 is 1.18 bits per heavy atom. The molecule has 0 unspecified atom stereocenters. The molecule has 2 N–H and O–H groups in total. The van der Waals surface area contributed by atoms with E-state index in [0.717, 1.165) is 27.7 Å². The van der Waals surface area contributed by atoms with E-state index in [4.69, 9.17) is 9.47 Å². The SMILES string of the molecule is COc1ccc(OCCNCCCF)cc1[C@@H]1c2[nH]c3ccccc3c2CCN1CC(F)F. The molecule has 178 valence electrons. The van der Waals surface area contributed by atoms with Gasteiger partial charge in [0.1, 0.15) is 18.1 Å². The molecule has 4 rings (SSSR count). The maximum absolute atomic E-state index is 13.5. The standard InChI is InChI=1S/C25H30F3N3O2/c1-32-22-8-7-17(33-14-12-29-11-4-10-26)15-20(22)25-24-19(9-13-31(25)16-23(27)28)18-5-2-3-6-21(18)30-24/h2-3,5-8,15,23,25,29-30H,4,9-14,16H2,1H3/t25-/m1/s1. The first-order valence-corrected chi connectivity index (χ1v) is 11.3. The van der Waals surface area contributed by atoms with Gasteiger partial charge in [0.25, 0.3) is 6.43 Å². The summed E-state index contributed by atoms with van der Waals surface area (Å²) in [5.74, 6) is 1.26. The number of para-hydroxylation sites is 1. The number of aromatic nitrogens is 1. The summed E-state index contributed by atoms with van der Waals surface area (Å²) in [4.78, 5) is 5.29. The van der Waals surface area contributed by atoms with Gasteiger partial charge in [0.05, 0.1) is 26.4 Å². The molecule has 0 saturated heterocycles. The van der Waals surface area contributed by atoms with Crippen LogP contribution in [0.25, 0.3) is 10.9 Å². The summed E-state index contributed by atoms with van der Waals surface area (Å²) < 4.78 is 50.7. The minimum absolute atomic E-state index is 0.327. The molecule has 2 heterocycles. The predicted molar refractivity (Wildman–Crippen MR) is 123 cm³/mol. The molecular weight excluding hydrogens is 431 g/mol. The lowest BCUT2D eigenvalue weighted by Gasteiger charge is -2.36. The Labute approximate surface area is 191 Å². The largest absolute Gasteiger partial charge is 0.496 e. The fraction of sp³-hybridized carbons (Fsp3) is 0.440. The quantitative estimate of drug-likeness (QED) is 0.406. The van der Waals surface area contributed by atoms with Crippen LogP contribution in [0.3, 0.4) is 0 Å². The van der Waals surface area contributed by atoms with Crippen LogP contribution in [0, 0.1) is 0 Å². The van der Waals surface area contributed by atoms with Gasteiger partial charge in [-0.05, 0) is 49.2 Å². The molecule has 0 amide bonds. The Balaban J connectivity index is 1.66. The van der Waals surface area contributed by atoms with Crippen molar-refractivity contribution in [1.82, 2.24) is 15.2 Å². The molecule has 0 fully saturated rings. The molecule has 1 aliphatic heterocycles. The van der Waals surface area contributed by atoms with Crippen molar-refractivity contribution in [2.45, 2.75) is 25.3 Å². The van der Waals surface area contributed by atoms with E-state index in [0.29, 0.717) is 50.6 Å². The van der Waals surface area contributed by atoms with Crippen molar-refractivity contribution in [2.75, 3.05) is 46.6 Å². The van der Waals surface area contributed by atoms with Crippen molar-refractivity contribution in [3.05, 3.63) is 59.3 Å². The fourth-order valence-electron chi connectivity index (χ4n) is 4.59. The Hall–Kier alpha value is -2.71. The summed E-state index contributed by atoms with van der Waals surface area (Å²) in [7, 11) is 1.58. The number of aromatic amines is 1. The summed E-state index contributed by atoms with van der Waals surface area (Å²) in [6.45, 7) is 1.46. The first kappa shape index (κ1) is 23.4. The van der Waals surface area contributed by atoms with Gasteiger partial charge >= 0.3 is 0 Å². The minimum Gasteiger partial charge on any atom is -0.496 e. The number of benzene rings is 2. The fourth-order valence-corrected chi connectivity index (χ4v) is 4.59. The van der Waals surface area contributed by atoms with Crippen LogP contribution in [0.4, 0.5) is 13.2 Å². The minimum atomic E-state index is -2.45. The lowest BCUT2D eigenvalue weighted by molar-refractivity contribution is 0.0690. The molecule has 2 aromatic carbocycles. The molecule has 1 aromatic heterocycles. The zero-order valence-corrected chi connectivity index (χ0v) is 18.8. The van der Waals surface area contributed by atoms with Gasteiger partial charge < -0.3 is 19.8 Å². The number of hydrogen-bond donors (Lipinski definition) is 2. The molecule has 3 aromatic rings. The zero-order chi connectivity index (χ0) is 23.2. The normalized spacial score (nSPS) is 16.3. The Bertz CT molecular complexity index is 1060. The molecular formula is C25H30F3N3O2. The second kappa shape index (κ2) is 10.9. The van der Waals surface area contributed by atoms with E-state index in [1.165, 1.54) is 0 Å². The second-order valence-corrected chi connectivity index (χ2v) is 8.15. The second-order valence-electron chi connectivity index (χ2n) is 8.15. The maximum atomic E-state index is 13.5. The van der Waals surface area contributed by atoms with Crippen molar-refractivity contribution in [3.8, 4) is 11.5 Å². The first-order chi connectivity index (χ1) is 16.1. The summed E-state index contributed by atoms with van der Waals surface area (Å²) >= 11 is 0. The van der Waals surface area contributed by atoms with Crippen molar-refractivity contribution < 1.29 is 22.6 Å². The van der Waals surface area contributed by atoms with Gasteiger partial charge in [-0.3, -0.25) is 9.29 Å². The van der Waals surface area contributed by atoms with E-state index in [1.54, 1.807) is 7.11 Å². The van der Waals surface area contributed by atoms with Gasteiger partial charge in [0.2, 0.25) is 0 Å². The number of H-pyrrole nitrogens is 1. The lowest BCUT2D eigenvalue weighted by atomic mass is 9.91. The Morgan fingerprint density at radius 2 is 2.03 bits per heavy atom. The maximum Gasteiger partial charge on any atom is 0.251 e. The van der Waals surface area contributed by atoms with E-state index in [9.17, 15) is 13.2 Å². The van der Waals surface area contributed by atoms with E-state index >= 15 is 0 Å². The molecule has 1 atom stereocenters. The summed E-state index contributed by atoms with van der Waals surface area (Å²) in [5, 5.41) is 4.25. The highest BCUT2D eigenvalue weighted by Gasteiger charge is 2.35. The van der Waals surface area contributed by atoms with Crippen LogP contribution in [0.1, 0.15) is 29.3 Å². The zero-order valence-electron chi connectivity index (χ0n) is 18.8. The summed E-state index contributed by atoms with van der Waals surface area (Å²) in [6.07, 6.45) is -1.27. The molecule has 0 radical (unpaired) electrons. The van der Waals surface area contributed by atoms with Gasteiger partial charge in [0, 0.05) is 35.2 Å². The van der Waals surface area contributed by atoms with E-state index in [1.807, 2.05) is 41.3 Å². The number of halogens is 3. The number of methoxy groups -OCH3 is 1. The molecule has 33 heavy (non-hydrogen) atoms. The monoisotopic (exact) mass is 461 g/mol. The van der Waals surface area contributed by atoms with Crippen LogP contribution in [0.2, 0.25) is 0 Å². The highest BCUT2D eigenvalue weighted by molar-refractivity contribution is 5.85. The summed E-state index contributed by atoms with van der Waals surface area (Å²) in [6, 6.07) is 13.1. The van der Waals surface area contributed by atoms with Crippen LogP contribution in [0.5, 0.6) is 11.5 Å². The van der Waals surface area contributed by atoms with E-state index in [2.05, 4.69) is 16.4 Å². The van der Waals surface area contributed by atoms with E-state index < -0.39 is 12.5 Å². The van der Waals surface area contributed by atoms with Crippen LogP contribution in [0.15, 0.2) is 42.5 Å². The van der Waals surface area contributed by atoms with Gasteiger partial charge in [-0.15, -0.1) is 0 Å². The average Bonchev–Trinajstić information content (AvgIpc) is 3.19. The summed E-state index contributed by atoms with van der Waals surface area (Å²) in [5.41, 5.74) is 3.86. The number of nitrogens with zero attached hydrogens (tertiary/aromatic N) is 1. The van der Waals surface area contributed by atoms with Crippen molar-refractivity contribution >= 4 is 10.9 Å². The average molecular weight is 462 g/mol. The lowest BCUT2D eigenvalue weighted by Crippen LogP contribution is -2.39. The number of hydrogen-bond acceptors (Lipinski definition) is 4. The highest BCUT2D eigenvalue weighted by atomic mass is 19.3. The van der Waals surface area contributed by atoms with Crippen LogP contribution in [-0.4, -0.2) is 62.9 Å². The molecule has 0 bridgehead atoms. The number of alkyl halides is 3. The number of rotatable bonds is 11. The van der Waals surface area contributed by atoms with Crippen LogP contribution >= 0.6 is 0 Å². The number of nitrogens with one attached hydrogen (secondary N) is 2. The predicted octanol–water partition coefficient (Wildman–Crippen LogP) is 4.72. The van der Waals surface area contributed by atoms with Gasteiger partial charge in [-0.2, -0.15) is 0 Å². The Kier molecular flexibility index (Phi) is 7.77. The molecule has 0 saturated carbocycles. The third-order valence-corrected chi connectivity index (χ3v) is 6.04. The van der Waals surface area contributed by atoms with Crippen molar-refractivity contribution in [1.29, 1.82) is 0 Å². The molecule has 0 spiro atoms. The highest BCUT2D eigenvalue weighted by Crippen LogP contribution is 2.42. The first-order valence-electron chi connectivity index (χ1n) is 11.3. The van der Waals surface area contributed by atoms with Crippen LogP contribution in [-0.2, 0) is 6.42 Å². The van der Waals surface area contributed by atoms with E-state index in [-0.39, 0.29) is 13.2 Å². The topological polar surface area (TPSA) is 49.5 Å². The smallest absolute Gasteiger partial charge is 0.251 e. The van der Waals surface area contributed by atoms with Crippen LogP contribution < -0.4 is 14.8 Å². The molecule has 1 aliphatic rings.